The SMILES string of the molecule is COCc1cc(CC(C)=O)ccc1F. The summed E-state index contributed by atoms with van der Waals surface area (Å²) in [6, 6.07) is 4.66. The van der Waals surface area contributed by atoms with Crippen molar-refractivity contribution in [1.29, 1.82) is 0 Å². The Balaban J connectivity index is 2.88. The second-order valence-corrected chi connectivity index (χ2v) is 3.24. The Hall–Kier alpha value is -1.22. The summed E-state index contributed by atoms with van der Waals surface area (Å²) in [5.74, 6) is -0.223. The molecule has 2 nitrogen and oxygen atoms in total. The minimum Gasteiger partial charge on any atom is -0.380 e. The van der Waals surface area contributed by atoms with E-state index in [-0.39, 0.29) is 18.2 Å². The van der Waals surface area contributed by atoms with E-state index in [1.807, 2.05) is 0 Å². The van der Waals surface area contributed by atoms with Gasteiger partial charge in [0.05, 0.1) is 6.61 Å². The van der Waals surface area contributed by atoms with Gasteiger partial charge >= 0.3 is 0 Å². The molecular formula is C11H13FO2. The molecule has 0 aliphatic heterocycles. The van der Waals surface area contributed by atoms with Crippen molar-refractivity contribution in [2.24, 2.45) is 0 Å². The molecular weight excluding hydrogens is 183 g/mol. The number of halogens is 1. The van der Waals surface area contributed by atoms with Crippen LogP contribution in [-0.4, -0.2) is 12.9 Å². The van der Waals surface area contributed by atoms with E-state index in [2.05, 4.69) is 0 Å². The van der Waals surface area contributed by atoms with Gasteiger partial charge in [-0.3, -0.25) is 4.79 Å². The normalized spacial score (nSPS) is 10.2. The zero-order valence-electron chi connectivity index (χ0n) is 8.34. The van der Waals surface area contributed by atoms with Crippen LogP contribution in [0.3, 0.4) is 0 Å². The Morgan fingerprint density at radius 2 is 2.21 bits per heavy atom. The Labute approximate surface area is 82.7 Å². The molecule has 0 saturated heterocycles. The highest BCUT2D eigenvalue weighted by atomic mass is 19.1. The first-order valence-corrected chi connectivity index (χ1v) is 4.39. The number of Topliss-reactive ketones (excluding diaryl/α,β-unsaturated/α-hetero) is 1. The molecule has 0 aliphatic rings. The van der Waals surface area contributed by atoms with Crippen LogP contribution in [0.1, 0.15) is 18.1 Å². The first-order chi connectivity index (χ1) is 6.63. The zero-order chi connectivity index (χ0) is 10.6. The second kappa shape index (κ2) is 4.86. The van der Waals surface area contributed by atoms with Gasteiger partial charge in [0.25, 0.3) is 0 Å². The second-order valence-electron chi connectivity index (χ2n) is 3.24. The lowest BCUT2D eigenvalue weighted by Crippen LogP contribution is -1.99. The van der Waals surface area contributed by atoms with E-state index in [4.69, 9.17) is 4.74 Å². The first kappa shape index (κ1) is 10.9. The van der Waals surface area contributed by atoms with Crippen molar-refractivity contribution < 1.29 is 13.9 Å². The molecule has 0 fully saturated rings. The molecule has 0 atom stereocenters. The van der Waals surface area contributed by atoms with Crippen LogP contribution < -0.4 is 0 Å². The molecule has 0 unspecified atom stereocenters. The van der Waals surface area contributed by atoms with Gasteiger partial charge in [-0.25, -0.2) is 4.39 Å². The molecule has 1 aromatic carbocycles. The lowest BCUT2D eigenvalue weighted by atomic mass is 10.1. The quantitative estimate of drug-likeness (QED) is 0.737. The Morgan fingerprint density at radius 1 is 1.50 bits per heavy atom. The highest BCUT2D eigenvalue weighted by molar-refractivity contribution is 5.78. The smallest absolute Gasteiger partial charge is 0.134 e. The molecule has 3 heteroatoms. The number of benzene rings is 1. The van der Waals surface area contributed by atoms with Gasteiger partial charge in [0.2, 0.25) is 0 Å². The van der Waals surface area contributed by atoms with Crippen LogP contribution in [0.25, 0.3) is 0 Å². The molecule has 76 valence electrons. The number of rotatable bonds is 4. The van der Waals surface area contributed by atoms with Crippen molar-refractivity contribution in [3.05, 3.63) is 35.1 Å². The largest absolute Gasteiger partial charge is 0.380 e. The lowest BCUT2D eigenvalue weighted by molar-refractivity contribution is -0.116. The van der Waals surface area contributed by atoms with Gasteiger partial charge in [0, 0.05) is 19.1 Å². The number of hydrogen-bond acceptors (Lipinski definition) is 2. The van der Waals surface area contributed by atoms with E-state index in [9.17, 15) is 9.18 Å². The number of hydrogen-bond donors (Lipinski definition) is 0. The number of ketones is 1. The molecule has 1 aromatic rings. The van der Waals surface area contributed by atoms with E-state index in [0.29, 0.717) is 12.0 Å². The fourth-order valence-corrected chi connectivity index (χ4v) is 1.29. The third-order valence-corrected chi connectivity index (χ3v) is 1.86. The summed E-state index contributed by atoms with van der Waals surface area (Å²) in [6.45, 7) is 1.75. The molecule has 0 amide bonds. The summed E-state index contributed by atoms with van der Waals surface area (Å²) in [4.78, 5) is 10.8. The van der Waals surface area contributed by atoms with Crippen LogP contribution in [0.15, 0.2) is 18.2 Å². The van der Waals surface area contributed by atoms with Gasteiger partial charge in [0.1, 0.15) is 11.6 Å². The van der Waals surface area contributed by atoms with Crippen LogP contribution in [-0.2, 0) is 22.6 Å². The predicted octanol–water partition coefficient (Wildman–Crippen LogP) is 2.10. The first-order valence-electron chi connectivity index (χ1n) is 4.39. The summed E-state index contributed by atoms with van der Waals surface area (Å²) in [5.41, 5.74) is 1.32. The van der Waals surface area contributed by atoms with E-state index in [0.717, 1.165) is 5.56 Å². The van der Waals surface area contributed by atoms with Crippen LogP contribution in [0.2, 0.25) is 0 Å². The van der Waals surface area contributed by atoms with Crippen molar-refractivity contribution in [2.75, 3.05) is 7.11 Å². The molecule has 0 spiro atoms. The highest BCUT2D eigenvalue weighted by Crippen LogP contribution is 2.12. The third kappa shape index (κ3) is 2.92. The van der Waals surface area contributed by atoms with E-state index in [1.54, 1.807) is 12.1 Å². The van der Waals surface area contributed by atoms with Gasteiger partial charge < -0.3 is 4.74 Å². The number of methoxy groups -OCH3 is 1. The van der Waals surface area contributed by atoms with Crippen LogP contribution in [0.5, 0.6) is 0 Å². The number of carbonyl (C=O) groups excluding carboxylic acids is 1. The Kier molecular flexibility index (Phi) is 3.77. The molecule has 0 aromatic heterocycles. The van der Waals surface area contributed by atoms with Crippen molar-refractivity contribution >= 4 is 5.78 Å². The summed E-state index contributed by atoms with van der Waals surface area (Å²) in [5, 5.41) is 0. The van der Waals surface area contributed by atoms with Crippen molar-refractivity contribution in [3.8, 4) is 0 Å². The summed E-state index contributed by atoms with van der Waals surface area (Å²) in [7, 11) is 1.51. The maximum Gasteiger partial charge on any atom is 0.134 e. The molecule has 14 heavy (non-hydrogen) atoms. The molecule has 0 radical (unpaired) electrons. The van der Waals surface area contributed by atoms with Gasteiger partial charge in [0.15, 0.2) is 0 Å². The van der Waals surface area contributed by atoms with E-state index in [1.165, 1.54) is 20.1 Å². The summed E-state index contributed by atoms with van der Waals surface area (Å²) in [6.07, 6.45) is 0.344. The minimum absolute atomic E-state index is 0.0694. The Bertz CT molecular complexity index is 334. The molecule has 0 saturated carbocycles. The average Bonchev–Trinajstić information content (AvgIpc) is 2.10. The maximum absolute atomic E-state index is 13.1. The highest BCUT2D eigenvalue weighted by Gasteiger charge is 2.04. The summed E-state index contributed by atoms with van der Waals surface area (Å²) < 4.78 is 18.0. The predicted molar refractivity (Wildman–Crippen MR) is 51.5 cm³/mol. The maximum atomic E-state index is 13.1. The fourth-order valence-electron chi connectivity index (χ4n) is 1.29. The van der Waals surface area contributed by atoms with Crippen LogP contribution in [0.4, 0.5) is 4.39 Å². The molecule has 1 rings (SSSR count). The van der Waals surface area contributed by atoms with E-state index >= 15 is 0 Å². The van der Waals surface area contributed by atoms with Crippen molar-refractivity contribution in [2.45, 2.75) is 20.0 Å². The topological polar surface area (TPSA) is 26.3 Å². The zero-order valence-corrected chi connectivity index (χ0v) is 8.34. The molecule has 0 heterocycles. The van der Waals surface area contributed by atoms with Gasteiger partial charge in [-0.05, 0) is 18.6 Å². The summed E-state index contributed by atoms with van der Waals surface area (Å²) >= 11 is 0. The minimum atomic E-state index is -0.292. The Morgan fingerprint density at radius 3 is 2.79 bits per heavy atom. The fraction of sp³-hybridized carbons (Fsp3) is 0.364. The average molecular weight is 196 g/mol. The number of ether oxygens (including phenoxy) is 1. The standard InChI is InChI=1S/C11H13FO2/c1-8(13)5-9-3-4-11(12)10(6-9)7-14-2/h3-4,6H,5,7H2,1-2H3. The van der Waals surface area contributed by atoms with Crippen molar-refractivity contribution in [3.63, 3.8) is 0 Å². The van der Waals surface area contributed by atoms with Crippen LogP contribution in [0, 0.1) is 5.82 Å². The van der Waals surface area contributed by atoms with Crippen molar-refractivity contribution in [1.82, 2.24) is 0 Å². The third-order valence-electron chi connectivity index (χ3n) is 1.86. The molecule has 0 aliphatic carbocycles. The number of carbonyl (C=O) groups is 1. The van der Waals surface area contributed by atoms with E-state index < -0.39 is 0 Å². The van der Waals surface area contributed by atoms with Crippen LogP contribution >= 0.6 is 0 Å². The molecule has 0 bridgehead atoms. The van der Waals surface area contributed by atoms with Gasteiger partial charge in [-0.2, -0.15) is 0 Å². The monoisotopic (exact) mass is 196 g/mol. The lowest BCUT2D eigenvalue weighted by Gasteiger charge is -2.04. The van der Waals surface area contributed by atoms with Gasteiger partial charge in [-0.15, -0.1) is 0 Å². The van der Waals surface area contributed by atoms with Gasteiger partial charge in [-0.1, -0.05) is 12.1 Å². The molecule has 0 N–H and O–H groups in total.